The molecule has 0 aliphatic rings. The van der Waals surface area contributed by atoms with Crippen LogP contribution in [-0.4, -0.2) is 36.7 Å². The van der Waals surface area contributed by atoms with Crippen LogP contribution in [0.25, 0.3) is 0 Å². The SMILES string of the molecule is CCN(CC)S(=O)(=O)c1ccc(C)c(NC(=O)c2ccncc2)c1. The van der Waals surface area contributed by atoms with Gasteiger partial charge in [-0.25, -0.2) is 8.42 Å². The van der Waals surface area contributed by atoms with E-state index < -0.39 is 10.0 Å². The molecule has 0 spiro atoms. The third-order valence-corrected chi connectivity index (χ3v) is 5.79. The van der Waals surface area contributed by atoms with Gasteiger partial charge in [-0.15, -0.1) is 0 Å². The number of hydrogen-bond acceptors (Lipinski definition) is 4. The number of aryl methyl sites for hydroxylation is 1. The Balaban J connectivity index is 2.34. The number of pyridine rings is 1. The van der Waals surface area contributed by atoms with Crippen LogP contribution < -0.4 is 5.32 Å². The van der Waals surface area contributed by atoms with E-state index in [0.717, 1.165) is 5.56 Å². The highest BCUT2D eigenvalue weighted by Crippen LogP contribution is 2.23. The summed E-state index contributed by atoms with van der Waals surface area (Å²) in [5, 5.41) is 2.76. The Kier molecular flexibility index (Phi) is 5.69. The van der Waals surface area contributed by atoms with E-state index in [0.29, 0.717) is 24.3 Å². The minimum absolute atomic E-state index is 0.168. The van der Waals surface area contributed by atoms with Crippen molar-refractivity contribution in [2.75, 3.05) is 18.4 Å². The molecule has 1 heterocycles. The van der Waals surface area contributed by atoms with Crippen LogP contribution in [0.2, 0.25) is 0 Å². The van der Waals surface area contributed by atoms with Crippen molar-refractivity contribution in [1.82, 2.24) is 9.29 Å². The molecule has 6 nitrogen and oxygen atoms in total. The maximum absolute atomic E-state index is 12.6. The molecule has 0 saturated carbocycles. The molecule has 0 radical (unpaired) electrons. The Hall–Kier alpha value is -2.25. The Bertz CT molecular complexity index is 816. The van der Waals surface area contributed by atoms with Crippen molar-refractivity contribution in [1.29, 1.82) is 0 Å². The van der Waals surface area contributed by atoms with Crippen LogP contribution in [0, 0.1) is 6.92 Å². The molecule has 0 saturated heterocycles. The average Bonchev–Trinajstić information content (AvgIpc) is 2.58. The van der Waals surface area contributed by atoms with Crippen LogP contribution in [0.1, 0.15) is 29.8 Å². The molecular weight excluding hydrogens is 326 g/mol. The molecular formula is C17H21N3O3S. The van der Waals surface area contributed by atoms with Crippen molar-refractivity contribution < 1.29 is 13.2 Å². The molecule has 0 aliphatic heterocycles. The van der Waals surface area contributed by atoms with E-state index >= 15 is 0 Å². The molecule has 0 bridgehead atoms. The maximum atomic E-state index is 12.6. The lowest BCUT2D eigenvalue weighted by atomic mass is 10.2. The van der Waals surface area contributed by atoms with E-state index in [9.17, 15) is 13.2 Å². The van der Waals surface area contributed by atoms with Gasteiger partial charge in [0.15, 0.2) is 0 Å². The monoisotopic (exact) mass is 347 g/mol. The second kappa shape index (κ2) is 7.55. The van der Waals surface area contributed by atoms with E-state index in [1.165, 1.54) is 22.8 Å². The van der Waals surface area contributed by atoms with Crippen LogP contribution in [0.15, 0.2) is 47.6 Å². The van der Waals surface area contributed by atoms with Gasteiger partial charge in [0, 0.05) is 36.7 Å². The second-order valence-corrected chi connectivity index (χ2v) is 7.19. The molecule has 0 aliphatic carbocycles. The average molecular weight is 347 g/mol. The number of carbonyl (C=O) groups excluding carboxylic acids is 1. The Morgan fingerprint density at radius 3 is 2.33 bits per heavy atom. The number of rotatable bonds is 6. The van der Waals surface area contributed by atoms with Gasteiger partial charge in [-0.2, -0.15) is 4.31 Å². The third-order valence-electron chi connectivity index (χ3n) is 3.74. The quantitative estimate of drug-likeness (QED) is 0.871. The smallest absolute Gasteiger partial charge is 0.255 e. The van der Waals surface area contributed by atoms with Gasteiger partial charge in [-0.3, -0.25) is 9.78 Å². The first kappa shape index (κ1) is 18.1. The number of anilines is 1. The minimum atomic E-state index is -3.57. The lowest BCUT2D eigenvalue weighted by Gasteiger charge is -2.19. The molecule has 2 rings (SSSR count). The molecule has 1 N–H and O–H groups in total. The van der Waals surface area contributed by atoms with Gasteiger partial charge in [0.1, 0.15) is 0 Å². The second-order valence-electron chi connectivity index (χ2n) is 5.26. The van der Waals surface area contributed by atoms with Gasteiger partial charge >= 0.3 is 0 Å². The van der Waals surface area contributed by atoms with Crippen LogP contribution in [0.3, 0.4) is 0 Å². The van der Waals surface area contributed by atoms with E-state index in [1.54, 1.807) is 38.1 Å². The summed E-state index contributed by atoms with van der Waals surface area (Å²) in [5.74, 6) is -0.308. The predicted molar refractivity (Wildman–Crippen MR) is 93.5 cm³/mol. The molecule has 2 aromatic rings. The van der Waals surface area contributed by atoms with Gasteiger partial charge in [0.25, 0.3) is 5.91 Å². The van der Waals surface area contributed by atoms with Gasteiger partial charge < -0.3 is 5.32 Å². The zero-order valence-electron chi connectivity index (χ0n) is 14.0. The molecule has 128 valence electrons. The molecule has 7 heteroatoms. The van der Waals surface area contributed by atoms with Crippen LogP contribution in [-0.2, 0) is 10.0 Å². The Labute approximate surface area is 142 Å². The van der Waals surface area contributed by atoms with E-state index in [-0.39, 0.29) is 10.8 Å². The summed E-state index contributed by atoms with van der Waals surface area (Å²) in [6.07, 6.45) is 3.06. The highest BCUT2D eigenvalue weighted by Gasteiger charge is 2.22. The summed E-state index contributed by atoms with van der Waals surface area (Å²) < 4.78 is 26.6. The topological polar surface area (TPSA) is 79.4 Å². The van der Waals surface area contributed by atoms with Crippen molar-refractivity contribution in [3.8, 4) is 0 Å². The highest BCUT2D eigenvalue weighted by molar-refractivity contribution is 7.89. The summed E-state index contributed by atoms with van der Waals surface area (Å²) in [4.78, 5) is 16.3. The lowest BCUT2D eigenvalue weighted by molar-refractivity contribution is 0.102. The predicted octanol–water partition coefficient (Wildman–Crippen LogP) is 2.67. The minimum Gasteiger partial charge on any atom is -0.322 e. The van der Waals surface area contributed by atoms with Crippen LogP contribution in [0.4, 0.5) is 5.69 Å². The fraction of sp³-hybridized carbons (Fsp3) is 0.294. The van der Waals surface area contributed by atoms with Gasteiger partial charge in [0.05, 0.1) is 4.90 Å². The molecule has 0 unspecified atom stereocenters. The van der Waals surface area contributed by atoms with E-state index in [1.807, 2.05) is 6.92 Å². The number of nitrogens with zero attached hydrogens (tertiary/aromatic N) is 2. The summed E-state index contributed by atoms with van der Waals surface area (Å²) >= 11 is 0. The molecule has 0 fully saturated rings. The number of hydrogen-bond donors (Lipinski definition) is 1. The number of carbonyl (C=O) groups is 1. The zero-order chi connectivity index (χ0) is 17.7. The number of amides is 1. The summed E-state index contributed by atoms with van der Waals surface area (Å²) in [6.45, 7) is 6.19. The summed E-state index contributed by atoms with van der Waals surface area (Å²) in [6, 6.07) is 7.95. The molecule has 1 amide bonds. The number of nitrogens with one attached hydrogen (secondary N) is 1. The Morgan fingerprint density at radius 2 is 1.75 bits per heavy atom. The number of sulfonamides is 1. The standard InChI is InChI=1S/C17H21N3O3S/c1-4-20(5-2)24(22,23)15-7-6-13(3)16(12-15)19-17(21)14-8-10-18-11-9-14/h6-12H,4-5H2,1-3H3,(H,19,21). The summed E-state index contributed by atoms with van der Waals surface area (Å²) in [5.41, 5.74) is 1.72. The number of aromatic nitrogens is 1. The van der Waals surface area contributed by atoms with Gasteiger partial charge in [0.2, 0.25) is 10.0 Å². The first-order valence-electron chi connectivity index (χ1n) is 7.72. The molecule has 1 aromatic heterocycles. The third kappa shape index (κ3) is 3.80. The fourth-order valence-corrected chi connectivity index (χ4v) is 3.79. The van der Waals surface area contributed by atoms with Crippen molar-refractivity contribution in [2.45, 2.75) is 25.7 Å². The zero-order valence-corrected chi connectivity index (χ0v) is 14.8. The van der Waals surface area contributed by atoms with Crippen LogP contribution in [0.5, 0.6) is 0 Å². The van der Waals surface area contributed by atoms with E-state index in [4.69, 9.17) is 0 Å². The lowest BCUT2D eigenvalue weighted by Crippen LogP contribution is -2.30. The van der Waals surface area contributed by atoms with Crippen molar-refractivity contribution >= 4 is 21.6 Å². The van der Waals surface area contributed by atoms with Crippen LogP contribution >= 0.6 is 0 Å². The first-order chi connectivity index (χ1) is 11.4. The van der Waals surface area contributed by atoms with Crippen molar-refractivity contribution in [3.05, 3.63) is 53.9 Å². The molecule has 24 heavy (non-hydrogen) atoms. The number of benzene rings is 1. The molecule has 0 atom stereocenters. The maximum Gasteiger partial charge on any atom is 0.255 e. The van der Waals surface area contributed by atoms with Crippen molar-refractivity contribution in [2.24, 2.45) is 0 Å². The molecule has 1 aromatic carbocycles. The Morgan fingerprint density at radius 1 is 1.12 bits per heavy atom. The largest absolute Gasteiger partial charge is 0.322 e. The van der Waals surface area contributed by atoms with Gasteiger partial charge in [-0.1, -0.05) is 19.9 Å². The van der Waals surface area contributed by atoms with E-state index in [2.05, 4.69) is 10.3 Å². The normalized spacial score (nSPS) is 11.5. The first-order valence-corrected chi connectivity index (χ1v) is 9.16. The fourth-order valence-electron chi connectivity index (χ4n) is 2.31. The highest BCUT2D eigenvalue weighted by atomic mass is 32.2. The van der Waals surface area contributed by atoms with Gasteiger partial charge in [-0.05, 0) is 36.8 Å². The summed E-state index contributed by atoms with van der Waals surface area (Å²) in [7, 11) is -3.57. The van der Waals surface area contributed by atoms with Crippen molar-refractivity contribution in [3.63, 3.8) is 0 Å².